The average Bonchev–Trinajstić information content (AvgIpc) is 3.20. The molecule has 0 radical (unpaired) electrons. The second-order valence-electron chi connectivity index (χ2n) is 10.4. The first-order valence-corrected chi connectivity index (χ1v) is 14.3. The van der Waals surface area contributed by atoms with E-state index < -0.39 is 0 Å². The van der Waals surface area contributed by atoms with E-state index in [9.17, 15) is 0 Å². The molecule has 0 bridgehead atoms. The minimum Gasteiger partial charge on any atom is -0.493 e. The van der Waals surface area contributed by atoms with Crippen LogP contribution in [0.1, 0.15) is 146 Å². The summed E-state index contributed by atoms with van der Waals surface area (Å²) in [6.45, 7) is 5.03. The molecule has 3 heteroatoms. The van der Waals surface area contributed by atoms with Gasteiger partial charge in [-0.1, -0.05) is 110 Å². The van der Waals surface area contributed by atoms with Crippen molar-refractivity contribution in [2.45, 2.75) is 142 Å². The highest BCUT2D eigenvalue weighted by atomic mass is 16.5. The monoisotopic (exact) mass is 455 g/mol. The van der Waals surface area contributed by atoms with Gasteiger partial charge in [-0.05, 0) is 36.8 Å². The lowest BCUT2D eigenvalue weighted by molar-refractivity contribution is 0.296. The second kappa shape index (κ2) is 15.4. The summed E-state index contributed by atoms with van der Waals surface area (Å²) in [7, 11) is 0. The van der Waals surface area contributed by atoms with Gasteiger partial charge in [-0.2, -0.15) is 0 Å². The van der Waals surface area contributed by atoms with Crippen molar-refractivity contribution in [1.29, 1.82) is 0 Å². The SMILES string of the molecule is CCCCCCCCCCCCCCCCOc1cc2oc(C)nc2cc1C1CCCCC1. The maximum absolute atomic E-state index is 6.33. The molecule has 0 amide bonds. The maximum atomic E-state index is 6.33. The van der Waals surface area contributed by atoms with Crippen molar-refractivity contribution < 1.29 is 9.15 Å². The fourth-order valence-electron chi connectivity index (χ4n) is 5.42. The number of nitrogens with zero attached hydrogens (tertiary/aromatic N) is 1. The zero-order valence-electron chi connectivity index (χ0n) is 21.6. The minimum atomic E-state index is 0.617. The molecule has 0 unspecified atom stereocenters. The molecule has 3 nitrogen and oxygen atoms in total. The first kappa shape index (κ1) is 26.1. The number of hydrogen-bond donors (Lipinski definition) is 0. The third-order valence-corrected chi connectivity index (χ3v) is 7.43. The summed E-state index contributed by atoms with van der Waals surface area (Å²) >= 11 is 0. The number of unbranched alkanes of at least 4 members (excludes halogenated alkanes) is 13. The third kappa shape index (κ3) is 9.33. The zero-order chi connectivity index (χ0) is 23.1. The molecule has 1 heterocycles. The standard InChI is InChI=1S/C30H49NO2/c1-3-4-5-6-7-8-9-10-11-12-13-14-15-19-22-32-29-24-30-28(31-25(2)33-30)23-27(29)26-20-17-16-18-21-26/h23-24,26H,3-22H2,1-2H3. The van der Waals surface area contributed by atoms with E-state index >= 15 is 0 Å². The highest BCUT2D eigenvalue weighted by molar-refractivity contribution is 5.76. The van der Waals surface area contributed by atoms with Gasteiger partial charge in [-0.3, -0.25) is 0 Å². The lowest BCUT2D eigenvalue weighted by Gasteiger charge is -2.24. The lowest BCUT2D eigenvalue weighted by atomic mass is 9.83. The normalized spacial score (nSPS) is 14.8. The Hall–Kier alpha value is -1.51. The van der Waals surface area contributed by atoms with Gasteiger partial charge in [0.05, 0.1) is 6.61 Å². The number of aromatic nitrogens is 1. The van der Waals surface area contributed by atoms with E-state index in [1.165, 1.54) is 121 Å². The number of fused-ring (bicyclic) bond motifs is 1. The fraction of sp³-hybridized carbons (Fsp3) is 0.767. The summed E-state index contributed by atoms with van der Waals surface area (Å²) in [5.41, 5.74) is 3.21. The molecule has 1 aliphatic carbocycles. The van der Waals surface area contributed by atoms with Gasteiger partial charge >= 0.3 is 0 Å². The van der Waals surface area contributed by atoms with Crippen molar-refractivity contribution >= 4 is 11.1 Å². The number of benzene rings is 1. The molecule has 1 saturated carbocycles. The van der Waals surface area contributed by atoms with Crippen LogP contribution in [0.5, 0.6) is 5.75 Å². The fourth-order valence-corrected chi connectivity index (χ4v) is 5.42. The minimum absolute atomic E-state index is 0.617. The molecule has 0 spiro atoms. The molecular weight excluding hydrogens is 406 g/mol. The highest BCUT2D eigenvalue weighted by Crippen LogP contribution is 2.39. The van der Waals surface area contributed by atoms with Gasteiger partial charge in [0, 0.05) is 13.0 Å². The van der Waals surface area contributed by atoms with Gasteiger partial charge in [-0.15, -0.1) is 0 Å². The van der Waals surface area contributed by atoms with Crippen molar-refractivity contribution in [3.63, 3.8) is 0 Å². The molecule has 1 aliphatic rings. The summed E-state index contributed by atoms with van der Waals surface area (Å²) in [5, 5.41) is 0. The Labute approximate surface area is 203 Å². The van der Waals surface area contributed by atoms with Gasteiger partial charge in [-0.25, -0.2) is 4.98 Å². The molecule has 2 aromatic rings. The molecule has 3 rings (SSSR count). The molecule has 0 atom stereocenters. The Kier molecular flexibility index (Phi) is 12.2. The quantitative estimate of drug-likeness (QED) is 0.223. The van der Waals surface area contributed by atoms with Crippen LogP contribution in [0.25, 0.3) is 11.1 Å². The van der Waals surface area contributed by atoms with Gasteiger partial charge in [0.15, 0.2) is 11.5 Å². The van der Waals surface area contributed by atoms with Crippen LogP contribution in [0.3, 0.4) is 0 Å². The van der Waals surface area contributed by atoms with E-state index in [1.54, 1.807) is 0 Å². The van der Waals surface area contributed by atoms with E-state index in [-0.39, 0.29) is 0 Å². The number of aryl methyl sites for hydroxylation is 1. The Balaban J connectivity index is 1.28. The summed E-state index contributed by atoms with van der Waals surface area (Å²) in [6, 6.07) is 4.34. The molecule has 1 fully saturated rings. The molecular formula is C30H49NO2. The van der Waals surface area contributed by atoms with Crippen LogP contribution in [0.4, 0.5) is 0 Å². The van der Waals surface area contributed by atoms with E-state index in [1.807, 2.05) is 6.92 Å². The van der Waals surface area contributed by atoms with Crippen LogP contribution in [0, 0.1) is 6.92 Å². The molecule has 0 aliphatic heterocycles. The topological polar surface area (TPSA) is 35.3 Å². The van der Waals surface area contributed by atoms with Crippen molar-refractivity contribution in [3.05, 3.63) is 23.6 Å². The summed E-state index contributed by atoms with van der Waals surface area (Å²) in [6.07, 6.45) is 26.0. The Morgan fingerprint density at radius 1 is 0.788 bits per heavy atom. The molecule has 1 aromatic carbocycles. The first-order valence-electron chi connectivity index (χ1n) is 14.3. The molecule has 0 saturated heterocycles. The van der Waals surface area contributed by atoms with Crippen LogP contribution in [-0.4, -0.2) is 11.6 Å². The van der Waals surface area contributed by atoms with Crippen molar-refractivity contribution in [1.82, 2.24) is 4.98 Å². The van der Waals surface area contributed by atoms with Crippen molar-refractivity contribution in [2.75, 3.05) is 6.61 Å². The third-order valence-electron chi connectivity index (χ3n) is 7.43. The Morgan fingerprint density at radius 3 is 1.97 bits per heavy atom. The van der Waals surface area contributed by atoms with Gasteiger partial charge < -0.3 is 9.15 Å². The largest absolute Gasteiger partial charge is 0.493 e. The van der Waals surface area contributed by atoms with Crippen molar-refractivity contribution in [2.24, 2.45) is 0 Å². The Bertz CT molecular complexity index is 775. The highest BCUT2D eigenvalue weighted by Gasteiger charge is 2.21. The first-order chi connectivity index (χ1) is 16.3. The van der Waals surface area contributed by atoms with E-state index in [0.717, 1.165) is 35.8 Å². The van der Waals surface area contributed by atoms with E-state index in [2.05, 4.69) is 24.0 Å². The number of rotatable bonds is 17. The molecule has 186 valence electrons. The van der Waals surface area contributed by atoms with Crippen LogP contribution < -0.4 is 4.74 Å². The van der Waals surface area contributed by atoms with Crippen LogP contribution in [0.15, 0.2) is 16.5 Å². The predicted octanol–water partition coefficient (Wildman–Crippen LogP) is 10.0. The van der Waals surface area contributed by atoms with Crippen LogP contribution >= 0.6 is 0 Å². The summed E-state index contributed by atoms with van der Waals surface area (Å²) in [4.78, 5) is 4.56. The predicted molar refractivity (Wildman–Crippen MR) is 140 cm³/mol. The van der Waals surface area contributed by atoms with Gasteiger partial charge in [0.1, 0.15) is 11.3 Å². The molecule has 0 N–H and O–H groups in total. The summed E-state index contributed by atoms with van der Waals surface area (Å²) < 4.78 is 12.1. The van der Waals surface area contributed by atoms with Crippen LogP contribution in [-0.2, 0) is 0 Å². The lowest BCUT2D eigenvalue weighted by Crippen LogP contribution is -2.08. The number of ether oxygens (including phenoxy) is 1. The van der Waals surface area contributed by atoms with Crippen molar-refractivity contribution in [3.8, 4) is 5.75 Å². The number of oxazole rings is 1. The maximum Gasteiger partial charge on any atom is 0.192 e. The van der Waals surface area contributed by atoms with Gasteiger partial charge in [0.2, 0.25) is 0 Å². The van der Waals surface area contributed by atoms with Crippen LogP contribution in [0.2, 0.25) is 0 Å². The van der Waals surface area contributed by atoms with E-state index in [0.29, 0.717) is 5.92 Å². The van der Waals surface area contributed by atoms with E-state index in [4.69, 9.17) is 9.15 Å². The summed E-state index contributed by atoms with van der Waals surface area (Å²) in [5.74, 6) is 2.40. The van der Waals surface area contributed by atoms with Gasteiger partial charge in [0.25, 0.3) is 0 Å². The zero-order valence-corrected chi connectivity index (χ0v) is 21.6. The Morgan fingerprint density at radius 2 is 1.36 bits per heavy atom. The second-order valence-corrected chi connectivity index (χ2v) is 10.4. The average molecular weight is 456 g/mol. The molecule has 1 aromatic heterocycles. The molecule has 33 heavy (non-hydrogen) atoms. The smallest absolute Gasteiger partial charge is 0.192 e. The number of hydrogen-bond acceptors (Lipinski definition) is 3.